The van der Waals surface area contributed by atoms with Crippen molar-refractivity contribution in [3.63, 3.8) is 0 Å². The summed E-state index contributed by atoms with van der Waals surface area (Å²) in [7, 11) is 1.85. The molecule has 0 aromatic rings. The fraction of sp³-hybridized carbons (Fsp3) is 0.941. The molecule has 2 aliphatic rings. The molecule has 0 radical (unpaired) electrons. The highest BCUT2D eigenvalue weighted by Crippen LogP contribution is 2.17. The molecule has 0 atom stereocenters. The Morgan fingerprint density at radius 1 is 1.14 bits per heavy atom. The lowest BCUT2D eigenvalue weighted by atomic mass is 9.96. The first kappa shape index (κ1) is 17.5. The van der Waals surface area contributed by atoms with E-state index in [1.807, 2.05) is 7.05 Å². The molecule has 1 saturated heterocycles. The van der Waals surface area contributed by atoms with Crippen molar-refractivity contribution in [3.8, 4) is 0 Å². The van der Waals surface area contributed by atoms with Crippen molar-refractivity contribution in [1.82, 2.24) is 10.6 Å². The third-order valence-corrected chi connectivity index (χ3v) is 4.62. The molecule has 2 fully saturated rings. The minimum Gasteiger partial charge on any atom is -0.381 e. The summed E-state index contributed by atoms with van der Waals surface area (Å²) in [5.74, 6) is 1.64. The number of nitrogens with zero attached hydrogens (tertiary/aromatic N) is 1. The van der Waals surface area contributed by atoms with Gasteiger partial charge in [-0.05, 0) is 38.0 Å². The van der Waals surface area contributed by atoms with Crippen molar-refractivity contribution in [2.45, 2.75) is 57.4 Å². The van der Waals surface area contributed by atoms with E-state index in [1.54, 1.807) is 0 Å². The summed E-state index contributed by atoms with van der Waals surface area (Å²) in [5.41, 5.74) is 0. The van der Waals surface area contributed by atoms with E-state index in [9.17, 15) is 0 Å². The second-order valence-electron chi connectivity index (χ2n) is 6.46. The lowest BCUT2D eigenvalue weighted by molar-refractivity contribution is 0.0203. The molecule has 5 nitrogen and oxygen atoms in total. The third kappa shape index (κ3) is 6.97. The normalized spacial score (nSPS) is 21.8. The van der Waals surface area contributed by atoms with E-state index in [0.29, 0.717) is 12.0 Å². The lowest BCUT2D eigenvalue weighted by Gasteiger charge is -2.25. The second kappa shape index (κ2) is 10.8. The molecule has 128 valence electrons. The van der Waals surface area contributed by atoms with Gasteiger partial charge in [0.15, 0.2) is 5.96 Å². The van der Waals surface area contributed by atoms with Crippen LogP contribution in [-0.4, -0.2) is 52.0 Å². The molecular formula is C17H33N3O2. The lowest BCUT2D eigenvalue weighted by Crippen LogP contribution is -2.44. The number of rotatable bonds is 7. The van der Waals surface area contributed by atoms with Crippen LogP contribution in [0.3, 0.4) is 0 Å². The summed E-state index contributed by atoms with van der Waals surface area (Å²) in [6.45, 7) is 4.43. The highest BCUT2D eigenvalue weighted by molar-refractivity contribution is 5.79. The van der Waals surface area contributed by atoms with Gasteiger partial charge in [0.2, 0.25) is 0 Å². The molecule has 2 rings (SSSR count). The Labute approximate surface area is 135 Å². The van der Waals surface area contributed by atoms with Crippen molar-refractivity contribution < 1.29 is 9.47 Å². The molecule has 0 bridgehead atoms. The van der Waals surface area contributed by atoms with E-state index in [0.717, 1.165) is 58.2 Å². The standard InChI is InChI=1S/C17H33N3O2/c1-18-17(20-16-6-3-2-4-7-16)19-10-5-11-22-14-15-8-12-21-13-9-15/h15-16H,2-14H2,1H3,(H2,18,19,20). The maximum atomic E-state index is 5.78. The minimum absolute atomic E-state index is 0.602. The van der Waals surface area contributed by atoms with Gasteiger partial charge in [0.25, 0.3) is 0 Å². The van der Waals surface area contributed by atoms with E-state index in [-0.39, 0.29) is 0 Å². The second-order valence-corrected chi connectivity index (χ2v) is 6.46. The Kier molecular flexibility index (Phi) is 8.64. The van der Waals surface area contributed by atoms with Crippen LogP contribution in [-0.2, 0) is 9.47 Å². The van der Waals surface area contributed by atoms with Crippen molar-refractivity contribution in [3.05, 3.63) is 0 Å². The molecular weight excluding hydrogens is 278 g/mol. The summed E-state index contributed by atoms with van der Waals surface area (Å²) < 4.78 is 11.1. The van der Waals surface area contributed by atoms with E-state index < -0.39 is 0 Å². The molecule has 0 amide bonds. The predicted molar refractivity (Wildman–Crippen MR) is 90.3 cm³/mol. The van der Waals surface area contributed by atoms with Gasteiger partial charge in [-0.3, -0.25) is 4.99 Å². The van der Waals surface area contributed by atoms with Gasteiger partial charge < -0.3 is 20.1 Å². The Hall–Kier alpha value is -0.810. The Bertz CT molecular complexity index is 311. The summed E-state index contributed by atoms with van der Waals surface area (Å²) in [6, 6.07) is 0.602. The van der Waals surface area contributed by atoms with Crippen LogP contribution in [0.2, 0.25) is 0 Å². The average Bonchev–Trinajstić information content (AvgIpc) is 2.58. The number of aliphatic imine (C=N–C) groups is 1. The van der Waals surface area contributed by atoms with E-state index in [2.05, 4.69) is 15.6 Å². The zero-order valence-corrected chi connectivity index (χ0v) is 14.1. The largest absolute Gasteiger partial charge is 0.381 e. The summed E-state index contributed by atoms with van der Waals surface area (Å²) in [5, 5.41) is 6.93. The van der Waals surface area contributed by atoms with Crippen LogP contribution in [0.4, 0.5) is 0 Å². The molecule has 2 N–H and O–H groups in total. The Morgan fingerprint density at radius 3 is 2.64 bits per heavy atom. The van der Waals surface area contributed by atoms with E-state index >= 15 is 0 Å². The van der Waals surface area contributed by atoms with Crippen LogP contribution in [0.5, 0.6) is 0 Å². The zero-order valence-electron chi connectivity index (χ0n) is 14.1. The quantitative estimate of drug-likeness (QED) is 0.430. The first-order valence-electron chi connectivity index (χ1n) is 9.01. The van der Waals surface area contributed by atoms with Crippen LogP contribution in [0.15, 0.2) is 4.99 Å². The van der Waals surface area contributed by atoms with E-state index in [4.69, 9.17) is 9.47 Å². The van der Waals surface area contributed by atoms with Crippen LogP contribution in [0.1, 0.15) is 51.4 Å². The maximum Gasteiger partial charge on any atom is 0.191 e. The van der Waals surface area contributed by atoms with Gasteiger partial charge in [0.05, 0.1) is 0 Å². The van der Waals surface area contributed by atoms with Crippen LogP contribution in [0.25, 0.3) is 0 Å². The zero-order chi connectivity index (χ0) is 15.5. The monoisotopic (exact) mass is 311 g/mol. The minimum atomic E-state index is 0.602. The van der Waals surface area contributed by atoms with Crippen LogP contribution < -0.4 is 10.6 Å². The number of hydrogen-bond donors (Lipinski definition) is 2. The molecule has 1 saturated carbocycles. The topological polar surface area (TPSA) is 54.9 Å². The Morgan fingerprint density at radius 2 is 1.91 bits per heavy atom. The molecule has 0 spiro atoms. The number of hydrogen-bond acceptors (Lipinski definition) is 3. The van der Waals surface area contributed by atoms with Crippen molar-refractivity contribution in [1.29, 1.82) is 0 Å². The first-order valence-corrected chi connectivity index (χ1v) is 9.01. The van der Waals surface area contributed by atoms with Crippen molar-refractivity contribution >= 4 is 5.96 Å². The molecule has 5 heteroatoms. The molecule has 1 aliphatic carbocycles. The fourth-order valence-corrected chi connectivity index (χ4v) is 3.18. The van der Waals surface area contributed by atoms with Crippen LogP contribution in [0, 0.1) is 5.92 Å². The predicted octanol–water partition coefficient (Wildman–Crippen LogP) is 2.32. The smallest absolute Gasteiger partial charge is 0.191 e. The number of ether oxygens (including phenoxy) is 2. The van der Waals surface area contributed by atoms with Crippen molar-refractivity contribution in [2.75, 3.05) is 40.0 Å². The number of nitrogens with one attached hydrogen (secondary N) is 2. The van der Waals surface area contributed by atoms with Crippen molar-refractivity contribution in [2.24, 2.45) is 10.9 Å². The summed E-state index contributed by atoms with van der Waals surface area (Å²) in [6.07, 6.45) is 9.93. The Balaban J connectivity index is 1.47. The van der Waals surface area contributed by atoms with Gasteiger partial charge in [-0.1, -0.05) is 19.3 Å². The molecule has 0 unspecified atom stereocenters. The van der Waals surface area contributed by atoms with Gasteiger partial charge in [-0.15, -0.1) is 0 Å². The highest BCUT2D eigenvalue weighted by atomic mass is 16.5. The van der Waals surface area contributed by atoms with Crippen LogP contribution >= 0.6 is 0 Å². The number of guanidine groups is 1. The molecule has 1 heterocycles. The maximum absolute atomic E-state index is 5.78. The molecule has 1 aliphatic heterocycles. The summed E-state index contributed by atoms with van der Waals surface area (Å²) in [4.78, 5) is 4.31. The average molecular weight is 311 g/mol. The molecule has 22 heavy (non-hydrogen) atoms. The van der Waals surface area contributed by atoms with Gasteiger partial charge in [0.1, 0.15) is 0 Å². The SMILES string of the molecule is CN=C(NCCCOCC1CCOCC1)NC1CCCCC1. The van der Waals surface area contributed by atoms with Gasteiger partial charge in [0, 0.05) is 46.1 Å². The highest BCUT2D eigenvalue weighted by Gasteiger charge is 2.15. The van der Waals surface area contributed by atoms with E-state index in [1.165, 1.54) is 32.1 Å². The summed E-state index contributed by atoms with van der Waals surface area (Å²) >= 11 is 0. The fourth-order valence-electron chi connectivity index (χ4n) is 3.18. The molecule has 0 aromatic carbocycles. The first-order chi connectivity index (χ1) is 10.9. The van der Waals surface area contributed by atoms with Gasteiger partial charge in [-0.25, -0.2) is 0 Å². The molecule has 0 aromatic heterocycles. The van der Waals surface area contributed by atoms with Gasteiger partial charge >= 0.3 is 0 Å². The third-order valence-electron chi connectivity index (χ3n) is 4.62. The van der Waals surface area contributed by atoms with Gasteiger partial charge in [-0.2, -0.15) is 0 Å².